The van der Waals surface area contributed by atoms with Gasteiger partial charge in [0.25, 0.3) is 0 Å². The van der Waals surface area contributed by atoms with Gasteiger partial charge in [0.1, 0.15) is 0 Å². The molecule has 7 nitrogen and oxygen atoms in total. The molecule has 0 aliphatic rings. The van der Waals surface area contributed by atoms with E-state index in [9.17, 15) is 9.59 Å². The fraction of sp³-hybridized carbons (Fsp3) is 0.364. The van der Waals surface area contributed by atoms with Crippen LogP contribution < -0.4 is 0 Å². The second kappa shape index (κ2) is 8.43. The monoisotopic (exact) mass is 394 g/mol. The van der Waals surface area contributed by atoms with E-state index in [1.807, 2.05) is 39.8 Å². The lowest BCUT2D eigenvalue weighted by Crippen LogP contribution is -2.15. The SMILES string of the molecule is CCCn1c(C)cc(C(=O)COC(=O)c2ccc(-n3nc(C)cc3C)nc2)c1C. The number of carbonyl (C=O) groups excluding carboxylic acids is 2. The average molecular weight is 394 g/mol. The summed E-state index contributed by atoms with van der Waals surface area (Å²) in [6.07, 6.45) is 2.42. The van der Waals surface area contributed by atoms with E-state index >= 15 is 0 Å². The number of aryl methyl sites for hydroxylation is 3. The van der Waals surface area contributed by atoms with Crippen molar-refractivity contribution < 1.29 is 14.3 Å². The van der Waals surface area contributed by atoms with E-state index in [2.05, 4.69) is 21.6 Å². The van der Waals surface area contributed by atoms with Crippen LogP contribution in [0.4, 0.5) is 0 Å². The third-order valence-electron chi connectivity index (χ3n) is 4.87. The molecule has 0 atom stereocenters. The zero-order valence-electron chi connectivity index (χ0n) is 17.5. The highest BCUT2D eigenvalue weighted by molar-refractivity contribution is 6.00. The minimum Gasteiger partial charge on any atom is -0.454 e. The van der Waals surface area contributed by atoms with E-state index in [1.165, 1.54) is 6.20 Å². The molecule has 0 unspecified atom stereocenters. The zero-order valence-corrected chi connectivity index (χ0v) is 17.5. The summed E-state index contributed by atoms with van der Waals surface area (Å²) in [4.78, 5) is 29.1. The maximum Gasteiger partial charge on any atom is 0.340 e. The number of ether oxygens (including phenoxy) is 1. The number of nitrogens with zero attached hydrogens (tertiary/aromatic N) is 4. The van der Waals surface area contributed by atoms with Gasteiger partial charge in [0.2, 0.25) is 5.78 Å². The number of hydrogen-bond acceptors (Lipinski definition) is 5. The molecule has 0 radical (unpaired) electrons. The number of aromatic nitrogens is 4. The molecule has 0 spiro atoms. The van der Waals surface area contributed by atoms with Gasteiger partial charge in [-0.25, -0.2) is 14.5 Å². The first-order chi connectivity index (χ1) is 13.8. The molecule has 0 bridgehead atoms. The molecule has 0 fully saturated rings. The number of rotatable bonds is 7. The highest BCUT2D eigenvalue weighted by Gasteiger charge is 2.18. The van der Waals surface area contributed by atoms with E-state index < -0.39 is 5.97 Å². The summed E-state index contributed by atoms with van der Waals surface area (Å²) in [7, 11) is 0. The first kappa shape index (κ1) is 20.5. The molecule has 152 valence electrons. The average Bonchev–Trinajstić information content (AvgIpc) is 3.19. The second-order valence-electron chi connectivity index (χ2n) is 7.18. The highest BCUT2D eigenvalue weighted by atomic mass is 16.5. The van der Waals surface area contributed by atoms with Crippen LogP contribution in [0, 0.1) is 27.7 Å². The smallest absolute Gasteiger partial charge is 0.340 e. The molecule has 3 aromatic heterocycles. The van der Waals surface area contributed by atoms with E-state index in [4.69, 9.17) is 4.74 Å². The van der Waals surface area contributed by atoms with Gasteiger partial charge in [-0.3, -0.25) is 4.79 Å². The molecule has 3 heterocycles. The fourth-order valence-electron chi connectivity index (χ4n) is 3.44. The first-order valence-corrected chi connectivity index (χ1v) is 9.68. The van der Waals surface area contributed by atoms with Crippen molar-refractivity contribution in [3.05, 3.63) is 64.4 Å². The van der Waals surface area contributed by atoms with Crippen LogP contribution in [0.5, 0.6) is 0 Å². The number of carbonyl (C=O) groups is 2. The molecule has 3 rings (SSSR count). The Balaban J connectivity index is 1.66. The molecular formula is C22H26N4O3. The van der Waals surface area contributed by atoms with E-state index in [0.717, 1.165) is 35.7 Å². The Hall–Kier alpha value is -3.22. The number of hydrogen-bond donors (Lipinski definition) is 0. The summed E-state index contributed by atoms with van der Waals surface area (Å²) >= 11 is 0. The molecule has 0 aromatic carbocycles. The van der Waals surface area contributed by atoms with Crippen molar-refractivity contribution in [1.29, 1.82) is 0 Å². The molecule has 0 amide bonds. The maximum atomic E-state index is 12.5. The van der Waals surface area contributed by atoms with Gasteiger partial charge in [0.15, 0.2) is 12.4 Å². The van der Waals surface area contributed by atoms with E-state index in [1.54, 1.807) is 16.8 Å². The largest absolute Gasteiger partial charge is 0.454 e. The zero-order chi connectivity index (χ0) is 21.1. The van der Waals surface area contributed by atoms with Crippen LogP contribution in [-0.2, 0) is 11.3 Å². The lowest BCUT2D eigenvalue weighted by atomic mass is 10.1. The number of pyridine rings is 1. The van der Waals surface area contributed by atoms with E-state index in [-0.39, 0.29) is 12.4 Å². The van der Waals surface area contributed by atoms with Crippen molar-refractivity contribution in [2.75, 3.05) is 6.61 Å². The van der Waals surface area contributed by atoms with Gasteiger partial charge < -0.3 is 9.30 Å². The summed E-state index contributed by atoms with van der Waals surface area (Å²) in [6.45, 7) is 10.4. The maximum absolute atomic E-state index is 12.5. The fourth-order valence-corrected chi connectivity index (χ4v) is 3.44. The predicted octanol–water partition coefficient (Wildman–Crippen LogP) is 3.75. The topological polar surface area (TPSA) is 79.0 Å². The van der Waals surface area contributed by atoms with Crippen LogP contribution in [0.1, 0.15) is 56.8 Å². The lowest BCUT2D eigenvalue weighted by molar-refractivity contribution is 0.0474. The van der Waals surface area contributed by atoms with Gasteiger partial charge >= 0.3 is 5.97 Å². The van der Waals surface area contributed by atoms with Crippen molar-refractivity contribution in [2.24, 2.45) is 0 Å². The molecular weight excluding hydrogens is 368 g/mol. The van der Waals surface area contributed by atoms with Crippen molar-refractivity contribution in [3.8, 4) is 5.82 Å². The van der Waals surface area contributed by atoms with Crippen molar-refractivity contribution >= 4 is 11.8 Å². The molecule has 0 N–H and O–H groups in total. The van der Waals surface area contributed by atoms with Gasteiger partial charge in [-0.05, 0) is 58.4 Å². The van der Waals surface area contributed by atoms with E-state index in [0.29, 0.717) is 16.9 Å². The van der Waals surface area contributed by atoms with Crippen molar-refractivity contribution in [1.82, 2.24) is 19.3 Å². The Morgan fingerprint density at radius 2 is 1.83 bits per heavy atom. The van der Waals surface area contributed by atoms with Gasteiger partial charge in [-0.15, -0.1) is 0 Å². The van der Waals surface area contributed by atoms with Crippen LogP contribution in [0.15, 0.2) is 30.5 Å². The van der Waals surface area contributed by atoms with Crippen LogP contribution in [0.25, 0.3) is 5.82 Å². The summed E-state index contributed by atoms with van der Waals surface area (Å²) in [5.74, 6) is -0.166. The van der Waals surface area contributed by atoms with Crippen LogP contribution in [-0.4, -0.2) is 37.7 Å². The van der Waals surface area contributed by atoms with Crippen LogP contribution >= 0.6 is 0 Å². The summed E-state index contributed by atoms with van der Waals surface area (Å²) in [6, 6.07) is 7.13. The van der Waals surface area contributed by atoms with Crippen LogP contribution in [0.2, 0.25) is 0 Å². The summed E-state index contributed by atoms with van der Waals surface area (Å²) in [5.41, 5.74) is 4.67. The number of ketones is 1. The minimum absolute atomic E-state index is 0.207. The highest BCUT2D eigenvalue weighted by Crippen LogP contribution is 2.17. The molecule has 3 aromatic rings. The Labute approximate surface area is 170 Å². The Bertz CT molecular complexity index is 1040. The third kappa shape index (κ3) is 4.29. The van der Waals surface area contributed by atoms with Gasteiger partial charge in [0.05, 0.1) is 11.3 Å². The Morgan fingerprint density at radius 3 is 2.41 bits per heavy atom. The Morgan fingerprint density at radius 1 is 1.07 bits per heavy atom. The minimum atomic E-state index is -0.576. The quantitative estimate of drug-likeness (QED) is 0.450. The Kier molecular flexibility index (Phi) is 5.96. The standard InChI is InChI=1S/C22H26N4O3/c1-6-9-25-15(3)11-19(17(25)5)20(27)13-29-22(28)18-7-8-21(23-12-18)26-16(4)10-14(2)24-26/h7-8,10-12H,6,9,13H2,1-5H3. The normalized spacial score (nSPS) is 10.9. The molecule has 0 aliphatic carbocycles. The first-order valence-electron chi connectivity index (χ1n) is 9.68. The molecule has 0 aliphatic heterocycles. The molecule has 7 heteroatoms. The molecule has 0 saturated heterocycles. The van der Waals surface area contributed by atoms with Gasteiger partial charge in [-0.2, -0.15) is 5.10 Å². The van der Waals surface area contributed by atoms with Crippen molar-refractivity contribution in [2.45, 2.75) is 47.6 Å². The van der Waals surface area contributed by atoms with Gasteiger partial charge in [0, 0.05) is 35.4 Å². The van der Waals surface area contributed by atoms with Crippen LogP contribution in [0.3, 0.4) is 0 Å². The molecule has 29 heavy (non-hydrogen) atoms. The summed E-state index contributed by atoms with van der Waals surface area (Å²) in [5, 5.41) is 4.37. The predicted molar refractivity (Wildman–Crippen MR) is 110 cm³/mol. The number of Topliss-reactive ketones (excluding diaryl/α,β-unsaturated/α-hetero) is 1. The van der Waals surface area contributed by atoms with Crippen molar-refractivity contribution in [3.63, 3.8) is 0 Å². The van der Waals surface area contributed by atoms with Gasteiger partial charge in [-0.1, -0.05) is 6.92 Å². The number of esters is 1. The second-order valence-corrected chi connectivity index (χ2v) is 7.18. The summed E-state index contributed by atoms with van der Waals surface area (Å²) < 4.78 is 9.04. The molecule has 0 saturated carbocycles. The lowest BCUT2D eigenvalue weighted by Gasteiger charge is -2.08. The third-order valence-corrected chi connectivity index (χ3v) is 4.87.